The highest BCUT2D eigenvalue weighted by Gasteiger charge is 2.55. The van der Waals surface area contributed by atoms with Crippen molar-refractivity contribution < 1.29 is 4.79 Å². The van der Waals surface area contributed by atoms with Crippen LogP contribution in [-0.4, -0.2) is 39.7 Å². The molecule has 1 N–H and O–H groups in total. The number of amides is 1. The van der Waals surface area contributed by atoms with E-state index in [0.717, 1.165) is 31.5 Å². The summed E-state index contributed by atoms with van der Waals surface area (Å²) in [5, 5.41) is 7.20. The summed E-state index contributed by atoms with van der Waals surface area (Å²) < 4.78 is 1.85. The third kappa shape index (κ3) is 2.87. The maximum Gasteiger partial charge on any atom is 0.220 e. The van der Waals surface area contributed by atoms with E-state index in [1.54, 1.807) is 0 Å². The number of nitrogens with one attached hydrogen (secondary N) is 1. The largest absolute Gasteiger partial charge is 0.354 e. The Morgan fingerprint density at radius 3 is 2.70 bits per heavy atom. The first-order valence-electron chi connectivity index (χ1n) is 7.52. The number of nitrogens with zero attached hydrogens (tertiary/aromatic N) is 3. The van der Waals surface area contributed by atoms with Crippen LogP contribution >= 0.6 is 0 Å². The van der Waals surface area contributed by atoms with Crippen molar-refractivity contribution >= 4 is 5.91 Å². The van der Waals surface area contributed by atoms with Gasteiger partial charge in [0, 0.05) is 50.9 Å². The van der Waals surface area contributed by atoms with E-state index in [1.807, 2.05) is 31.8 Å². The Morgan fingerprint density at radius 1 is 1.45 bits per heavy atom. The van der Waals surface area contributed by atoms with Crippen LogP contribution < -0.4 is 5.32 Å². The molecular weight excluding hydrogens is 252 g/mol. The molecule has 1 aliphatic carbocycles. The number of carbonyl (C=O) groups excluding carboxylic acids is 1. The molecule has 20 heavy (non-hydrogen) atoms. The molecule has 5 nitrogen and oxygen atoms in total. The fourth-order valence-corrected chi connectivity index (χ4v) is 3.58. The molecule has 1 aromatic heterocycles. The molecule has 0 bridgehead atoms. The molecular formula is C15H24N4O. The summed E-state index contributed by atoms with van der Waals surface area (Å²) in [6.07, 6.45) is 4.74. The minimum atomic E-state index is 0.221. The van der Waals surface area contributed by atoms with Gasteiger partial charge in [-0.05, 0) is 31.6 Å². The molecule has 1 aromatic rings. The van der Waals surface area contributed by atoms with E-state index in [4.69, 9.17) is 0 Å². The molecule has 1 unspecified atom stereocenters. The Morgan fingerprint density at radius 2 is 2.15 bits per heavy atom. The van der Waals surface area contributed by atoms with Crippen LogP contribution in [-0.2, 0) is 18.4 Å². The number of likely N-dealkylation sites (tertiary alicyclic amines) is 1. The molecule has 2 fully saturated rings. The van der Waals surface area contributed by atoms with Crippen LogP contribution in [0.5, 0.6) is 0 Å². The molecule has 0 spiro atoms. The number of hydrogen-bond donors (Lipinski definition) is 1. The third-order valence-electron chi connectivity index (χ3n) is 4.48. The van der Waals surface area contributed by atoms with E-state index in [2.05, 4.69) is 21.5 Å². The van der Waals surface area contributed by atoms with E-state index in [1.165, 1.54) is 5.56 Å². The van der Waals surface area contributed by atoms with Gasteiger partial charge >= 0.3 is 0 Å². The van der Waals surface area contributed by atoms with E-state index < -0.39 is 0 Å². The lowest BCUT2D eigenvalue weighted by atomic mass is 10.1. The average Bonchev–Trinajstić information content (AvgIpc) is 2.75. The van der Waals surface area contributed by atoms with Crippen LogP contribution in [0.3, 0.4) is 0 Å². The fraction of sp³-hybridized carbons (Fsp3) is 0.733. The van der Waals surface area contributed by atoms with Crippen molar-refractivity contribution in [1.29, 1.82) is 0 Å². The first-order chi connectivity index (χ1) is 9.52. The van der Waals surface area contributed by atoms with E-state index in [9.17, 15) is 4.79 Å². The second-order valence-electron chi connectivity index (χ2n) is 6.63. The summed E-state index contributed by atoms with van der Waals surface area (Å²) in [7, 11) is 1.95. The van der Waals surface area contributed by atoms with Gasteiger partial charge in [-0.3, -0.25) is 14.4 Å². The molecule has 3 rings (SSSR count). The minimum Gasteiger partial charge on any atom is -0.354 e. The van der Waals surface area contributed by atoms with Gasteiger partial charge in [0.2, 0.25) is 5.91 Å². The highest BCUT2D eigenvalue weighted by molar-refractivity contribution is 5.76. The summed E-state index contributed by atoms with van der Waals surface area (Å²) >= 11 is 0. The molecule has 110 valence electrons. The van der Waals surface area contributed by atoms with Gasteiger partial charge in [-0.15, -0.1) is 0 Å². The highest BCUT2D eigenvalue weighted by atomic mass is 16.1. The van der Waals surface area contributed by atoms with Gasteiger partial charge in [0.1, 0.15) is 0 Å². The minimum absolute atomic E-state index is 0.221. The van der Waals surface area contributed by atoms with Crippen molar-refractivity contribution in [3.63, 3.8) is 0 Å². The average molecular weight is 276 g/mol. The predicted molar refractivity (Wildman–Crippen MR) is 76.9 cm³/mol. The molecule has 0 radical (unpaired) electrons. The van der Waals surface area contributed by atoms with Gasteiger partial charge in [-0.2, -0.15) is 5.10 Å². The quantitative estimate of drug-likeness (QED) is 0.873. The van der Waals surface area contributed by atoms with E-state index in [-0.39, 0.29) is 11.9 Å². The zero-order chi connectivity index (χ0) is 14.3. The van der Waals surface area contributed by atoms with Crippen LogP contribution in [0, 0.1) is 17.8 Å². The number of fused-ring (bicyclic) bond motifs is 1. The second-order valence-corrected chi connectivity index (χ2v) is 6.63. The number of aryl methyl sites for hydroxylation is 1. The maximum atomic E-state index is 11.8. The smallest absolute Gasteiger partial charge is 0.220 e. The Bertz CT molecular complexity index is 484. The third-order valence-corrected chi connectivity index (χ3v) is 4.48. The molecule has 0 aromatic carbocycles. The molecule has 1 aliphatic heterocycles. The SMILES string of the molecule is CC(C)NC(=O)CC1[C@H]2CN(Cc3cnn(C)c3)C[C@@H]12. The van der Waals surface area contributed by atoms with Gasteiger partial charge in [-0.25, -0.2) is 0 Å². The first kappa shape index (κ1) is 13.6. The lowest BCUT2D eigenvalue weighted by molar-refractivity contribution is -0.122. The number of carbonyl (C=O) groups is 1. The Kier molecular flexibility index (Phi) is 3.54. The monoisotopic (exact) mass is 276 g/mol. The molecule has 1 saturated carbocycles. The van der Waals surface area contributed by atoms with Crippen LogP contribution in [0.25, 0.3) is 0 Å². The molecule has 1 saturated heterocycles. The fourth-order valence-electron chi connectivity index (χ4n) is 3.58. The van der Waals surface area contributed by atoms with Crippen molar-refractivity contribution in [2.75, 3.05) is 13.1 Å². The predicted octanol–water partition coefficient (Wildman–Crippen LogP) is 1.01. The number of aromatic nitrogens is 2. The summed E-state index contributed by atoms with van der Waals surface area (Å²) in [5.41, 5.74) is 1.28. The first-order valence-corrected chi connectivity index (χ1v) is 7.52. The van der Waals surface area contributed by atoms with Crippen LogP contribution in [0.1, 0.15) is 25.8 Å². The van der Waals surface area contributed by atoms with Gasteiger partial charge in [0.05, 0.1) is 6.20 Å². The van der Waals surface area contributed by atoms with Crippen molar-refractivity contribution in [3.05, 3.63) is 18.0 Å². The number of rotatable bonds is 5. The van der Waals surface area contributed by atoms with Crippen molar-refractivity contribution in [2.45, 2.75) is 32.9 Å². The lowest BCUT2D eigenvalue weighted by Gasteiger charge is -2.18. The van der Waals surface area contributed by atoms with Gasteiger partial charge in [0.15, 0.2) is 0 Å². The Labute approximate surface area is 120 Å². The molecule has 1 amide bonds. The van der Waals surface area contributed by atoms with Crippen LogP contribution in [0.15, 0.2) is 12.4 Å². The number of piperidine rings is 1. The topological polar surface area (TPSA) is 50.2 Å². The maximum absolute atomic E-state index is 11.8. The zero-order valence-corrected chi connectivity index (χ0v) is 12.5. The van der Waals surface area contributed by atoms with Gasteiger partial charge in [0.25, 0.3) is 0 Å². The Hall–Kier alpha value is -1.36. The van der Waals surface area contributed by atoms with Gasteiger partial charge < -0.3 is 5.32 Å². The zero-order valence-electron chi connectivity index (χ0n) is 12.5. The van der Waals surface area contributed by atoms with Crippen molar-refractivity contribution in [2.24, 2.45) is 24.8 Å². The Balaban J connectivity index is 1.43. The standard InChI is InChI=1S/C15H24N4O/c1-10(2)17-15(20)4-12-13-8-19(9-14(12)13)7-11-5-16-18(3)6-11/h5-6,10,12-14H,4,7-9H2,1-3H3,(H,17,20)/t12?,13-,14+. The van der Waals surface area contributed by atoms with Crippen molar-refractivity contribution in [1.82, 2.24) is 20.0 Å². The molecule has 3 atom stereocenters. The molecule has 5 heteroatoms. The lowest BCUT2D eigenvalue weighted by Crippen LogP contribution is -2.31. The summed E-state index contributed by atoms with van der Waals surface area (Å²) in [6.45, 7) is 7.30. The molecule has 2 aliphatic rings. The van der Waals surface area contributed by atoms with Crippen LogP contribution in [0.2, 0.25) is 0 Å². The summed E-state index contributed by atoms with van der Waals surface area (Å²) in [6, 6.07) is 0.253. The summed E-state index contributed by atoms with van der Waals surface area (Å²) in [4.78, 5) is 14.3. The van der Waals surface area contributed by atoms with Crippen LogP contribution in [0.4, 0.5) is 0 Å². The van der Waals surface area contributed by atoms with Gasteiger partial charge in [-0.1, -0.05) is 0 Å². The van der Waals surface area contributed by atoms with Crippen molar-refractivity contribution in [3.8, 4) is 0 Å². The second kappa shape index (κ2) is 5.20. The number of hydrogen-bond acceptors (Lipinski definition) is 3. The van der Waals surface area contributed by atoms with E-state index >= 15 is 0 Å². The normalized spacial score (nSPS) is 28.7. The van der Waals surface area contributed by atoms with E-state index in [0.29, 0.717) is 12.3 Å². The molecule has 2 heterocycles. The highest BCUT2D eigenvalue weighted by Crippen LogP contribution is 2.53. The summed E-state index contributed by atoms with van der Waals surface area (Å²) in [5.74, 6) is 2.33.